The van der Waals surface area contributed by atoms with Gasteiger partial charge in [0.15, 0.2) is 0 Å². The number of anilines is 1. The number of alkyl halides is 6. The highest BCUT2D eigenvalue weighted by Gasteiger charge is 2.27. The van der Waals surface area contributed by atoms with Crippen molar-refractivity contribution in [2.24, 2.45) is 4.99 Å². The van der Waals surface area contributed by atoms with Crippen LogP contribution in [0, 0.1) is 0 Å². The average Bonchev–Trinajstić information content (AvgIpc) is 2.74. The van der Waals surface area contributed by atoms with Crippen molar-refractivity contribution in [1.29, 1.82) is 0 Å². The lowest BCUT2D eigenvalue weighted by Gasteiger charge is -2.16. The van der Waals surface area contributed by atoms with Gasteiger partial charge in [-0.15, -0.1) is 0 Å². The summed E-state index contributed by atoms with van der Waals surface area (Å²) in [5.41, 5.74) is 2.72. The zero-order valence-corrected chi connectivity index (χ0v) is 16.4. The lowest BCUT2D eigenvalue weighted by atomic mass is 9.93. The van der Waals surface area contributed by atoms with E-state index in [1.165, 1.54) is 24.3 Å². The van der Waals surface area contributed by atoms with Gasteiger partial charge in [-0.3, -0.25) is 4.99 Å². The predicted molar refractivity (Wildman–Crippen MR) is 109 cm³/mol. The van der Waals surface area contributed by atoms with E-state index in [0.717, 1.165) is 11.1 Å². The van der Waals surface area contributed by atoms with Crippen LogP contribution in [0.5, 0.6) is 0 Å². The first-order valence-electron chi connectivity index (χ1n) is 9.53. The van der Waals surface area contributed by atoms with Crippen LogP contribution in [0.15, 0.2) is 76.1 Å². The summed E-state index contributed by atoms with van der Waals surface area (Å²) < 4.78 is 81.2. The molecular weight excluding hydrogens is 434 g/mol. The minimum absolute atomic E-state index is 0.0864. The molecule has 9 heteroatoms. The third-order valence-corrected chi connectivity index (χ3v) is 4.70. The largest absolute Gasteiger partial charge is 0.456 e. The van der Waals surface area contributed by atoms with Gasteiger partial charge in [-0.1, -0.05) is 30.3 Å². The summed E-state index contributed by atoms with van der Waals surface area (Å²) in [6.45, 7) is -2.54. The van der Waals surface area contributed by atoms with E-state index in [1.54, 1.807) is 12.1 Å². The van der Waals surface area contributed by atoms with Crippen LogP contribution >= 0.6 is 0 Å². The van der Waals surface area contributed by atoms with E-state index in [1.807, 2.05) is 30.3 Å². The molecule has 0 spiro atoms. The summed E-state index contributed by atoms with van der Waals surface area (Å²) in [7, 11) is 0. The number of hydrogen-bond donors (Lipinski definition) is 1. The molecule has 32 heavy (non-hydrogen) atoms. The minimum Gasteiger partial charge on any atom is -0.456 e. The van der Waals surface area contributed by atoms with E-state index in [0.29, 0.717) is 10.9 Å². The van der Waals surface area contributed by atoms with Crippen molar-refractivity contribution in [3.63, 3.8) is 0 Å². The maximum absolute atomic E-state index is 12.6. The van der Waals surface area contributed by atoms with Crippen LogP contribution in [0.25, 0.3) is 33.4 Å². The van der Waals surface area contributed by atoms with Crippen LogP contribution in [0.4, 0.5) is 32.0 Å². The molecule has 0 unspecified atom stereocenters. The molecule has 0 radical (unpaired) electrons. The van der Waals surface area contributed by atoms with E-state index in [2.05, 4.69) is 10.3 Å². The molecule has 0 atom stereocenters. The van der Waals surface area contributed by atoms with Gasteiger partial charge in [-0.25, -0.2) is 0 Å². The maximum atomic E-state index is 12.6. The van der Waals surface area contributed by atoms with Crippen molar-refractivity contribution < 1.29 is 30.8 Å². The standard InChI is InChI=1S/C23H16F6N2O/c24-22(25,26)12-30-15-6-8-17-19(10-15)32-20-11-16(31-13-23(27,28)29)7-9-18(20)21(17)14-4-2-1-3-5-14/h1-11,30H,12-13H2/b31-16+. The van der Waals surface area contributed by atoms with Crippen molar-refractivity contribution in [1.82, 2.24) is 0 Å². The summed E-state index contributed by atoms with van der Waals surface area (Å²) >= 11 is 0. The summed E-state index contributed by atoms with van der Waals surface area (Å²) in [6.07, 6.45) is -8.83. The topological polar surface area (TPSA) is 37.5 Å². The number of nitrogens with one attached hydrogen (secondary N) is 1. The molecule has 1 aliphatic carbocycles. The highest BCUT2D eigenvalue weighted by atomic mass is 19.4. The average molecular weight is 450 g/mol. The Hall–Kier alpha value is -3.49. The smallest absolute Gasteiger partial charge is 0.407 e. The zero-order chi connectivity index (χ0) is 22.9. The Morgan fingerprint density at radius 1 is 0.812 bits per heavy atom. The Kier molecular flexibility index (Phi) is 5.58. The molecule has 2 aliphatic rings. The summed E-state index contributed by atoms with van der Waals surface area (Å²) in [5.74, 6) is 0.271. The van der Waals surface area contributed by atoms with Gasteiger partial charge < -0.3 is 9.73 Å². The number of benzene rings is 3. The van der Waals surface area contributed by atoms with E-state index in [-0.39, 0.29) is 22.4 Å². The quantitative estimate of drug-likeness (QED) is 0.280. The van der Waals surface area contributed by atoms with E-state index in [9.17, 15) is 26.3 Å². The number of fused-ring (bicyclic) bond motifs is 2. The second kappa shape index (κ2) is 8.22. The molecule has 1 N–H and O–H groups in total. The first-order valence-corrected chi connectivity index (χ1v) is 9.53. The fourth-order valence-electron chi connectivity index (χ4n) is 3.39. The number of halogens is 6. The van der Waals surface area contributed by atoms with Gasteiger partial charge in [0.2, 0.25) is 0 Å². The third-order valence-electron chi connectivity index (χ3n) is 4.70. The normalized spacial score (nSPS) is 13.1. The monoisotopic (exact) mass is 450 g/mol. The lowest BCUT2D eigenvalue weighted by Crippen LogP contribution is -2.21. The Balaban J connectivity index is 1.90. The number of nitrogens with zero attached hydrogens (tertiary/aromatic N) is 1. The molecular formula is C23H16F6N2O. The van der Waals surface area contributed by atoms with Crippen LogP contribution in [-0.2, 0) is 0 Å². The summed E-state index contributed by atoms with van der Waals surface area (Å²) in [4.78, 5) is 3.56. The SMILES string of the molecule is FC(F)(F)C/N=c1\ccc2c(-c3ccccc3)c3ccc(NCC(F)(F)F)cc3oc-2c1. The van der Waals surface area contributed by atoms with Crippen molar-refractivity contribution in [3.8, 4) is 22.5 Å². The zero-order valence-electron chi connectivity index (χ0n) is 16.4. The van der Waals surface area contributed by atoms with Gasteiger partial charge >= 0.3 is 12.4 Å². The second-order valence-corrected chi connectivity index (χ2v) is 7.13. The molecule has 1 heterocycles. The molecule has 2 aromatic carbocycles. The van der Waals surface area contributed by atoms with Crippen molar-refractivity contribution in [3.05, 3.63) is 72.1 Å². The molecule has 0 saturated carbocycles. The minimum atomic E-state index is -4.44. The first kappa shape index (κ1) is 21.7. The molecule has 3 nitrogen and oxygen atoms in total. The Labute approximate surface area is 178 Å². The second-order valence-electron chi connectivity index (χ2n) is 7.13. The van der Waals surface area contributed by atoms with Gasteiger partial charge in [0, 0.05) is 34.3 Å². The first-order chi connectivity index (χ1) is 15.1. The van der Waals surface area contributed by atoms with Gasteiger partial charge in [0.05, 0.1) is 5.36 Å². The molecule has 0 saturated heterocycles. The molecule has 166 valence electrons. The third kappa shape index (κ3) is 5.04. The van der Waals surface area contributed by atoms with Crippen LogP contribution < -0.4 is 10.7 Å². The van der Waals surface area contributed by atoms with Crippen LogP contribution in [0.3, 0.4) is 0 Å². The maximum Gasteiger partial charge on any atom is 0.407 e. The van der Waals surface area contributed by atoms with E-state index < -0.39 is 25.4 Å². The Morgan fingerprint density at radius 3 is 2.25 bits per heavy atom. The van der Waals surface area contributed by atoms with Gasteiger partial charge in [0.25, 0.3) is 0 Å². The highest BCUT2D eigenvalue weighted by Crippen LogP contribution is 2.40. The fraction of sp³-hybridized carbons (Fsp3) is 0.174. The highest BCUT2D eigenvalue weighted by molar-refractivity contribution is 6.02. The molecule has 4 rings (SSSR count). The fourth-order valence-corrected chi connectivity index (χ4v) is 3.39. The van der Waals surface area contributed by atoms with E-state index >= 15 is 0 Å². The molecule has 2 aromatic rings. The van der Waals surface area contributed by atoms with Crippen LogP contribution in [0.1, 0.15) is 0 Å². The molecule has 0 aromatic heterocycles. The Morgan fingerprint density at radius 2 is 1.56 bits per heavy atom. The van der Waals surface area contributed by atoms with E-state index in [4.69, 9.17) is 4.42 Å². The van der Waals surface area contributed by atoms with Crippen molar-refractivity contribution >= 4 is 16.7 Å². The van der Waals surface area contributed by atoms with Crippen molar-refractivity contribution in [2.75, 3.05) is 18.4 Å². The Bertz CT molecular complexity index is 1280. The molecule has 0 fully saturated rings. The van der Waals surface area contributed by atoms with Crippen LogP contribution in [-0.4, -0.2) is 25.4 Å². The molecule has 1 aliphatic heterocycles. The van der Waals surface area contributed by atoms with Gasteiger partial charge in [0.1, 0.15) is 24.4 Å². The number of rotatable bonds is 4. The lowest BCUT2D eigenvalue weighted by molar-refractivity contribution is -0.118. The summed E-state index contributed by atoms with van der Waals surface area (Å²) in [6, 6.07) is 18.4. The molecule has 0 amide bonds. The van der Waals surface area contributed by atoms with Gasteiger partial charge in [-0.2, -0.15) is 26.3 Å². The molecule has 0 bridgehead atoms. The van der Waals surface area contributed by atoms with Crippen LogP contribution in [0.2, 0.25) is 0 Å². The van der Waals surface area contributed by atoms with Crippen molar-refractivity contribution in [2.45, 2.75) is 12.4 Å². The predicted octanol–water partition coefficient (Wildman–Crippen LogP) is 6.64. The summed E-state index contributed by atoms with van der Waals surface area (Å²) in [5, 5.41) is 3.04. The number of hydrogen-bond acceptors (Lipinski definition) is 3. The van der Waals surface area contributed by atoms with Gasteiger partial charge in [-0.05, 0) is 29.8 Å².